The monoisotopic (exact) mass is 585 g/mol. The van der Waals surface area contributed by atoms with Crippen LogP contribution in [0.4, 0.5) is 0 Å². The fourth-order valence-electron chi connectivity index (χ4n) is 7.87. The highest BCUT2D eigenvalue weighted by molar-refractivity contribution is 6.37. The van der Waals surface area contributed by atoms with E-state index in [2.05, 4.69) is 123 Å². The SMILES string of the molecule is c1cncc(-c2nc(-n3c4cc5c6ccccc6n6c7ccccc7c(c4c4ccc7ccccc7c43)c56)nc3ccccc23)c1. The molecule has 11 aromatic rings. The molecular weight excluding hydrogens is 562 g/mol. The molecule has 5 heteroatoms. The average molecular weight is 586 g/mol. The summed E-state index contributed by atoms with van der Waals surface area (Å²) >= 11 is 0. The van der Waals surface area contributed by atoms with Gasteiger partial charge in [-0.1, -0.05) is 91.0 Å². The van der Waals surface area contributed by atoms with Crippen LogP contribution in [0.25, 0.3) is 98.8 Å². The lowest BCUT2D eigenvalue weighted by Gasteiger charge is -2.12. The minimum atomic E-state index is 0.649. The number of fused-ring (bicyclic) bond motifs is 13. The van der Waals surface area contributed by atoms with E-state index in [1.165, 1.54) is 59.6 Å². The van der Waals surface area contributed by atoms with Crippen molar-refractivity contribution in [3.05, 3.63) is 140 Å². The lowest BCUT2D eigenvalue weighted by atomic mass is 10.0. The molecule has 212 valence electrons. The van der Waals surface area contributed by atoms with Crippen molar-refractivity contribution >= 4 is 81.6 Å². The van der Waals surface area contributed by atoms with Gasteiger partial charge in [-0.05, 0) is 41.8 Å². The van der Waals surface area contributed by atoms with Crippen LogP contribution in [0.15, 0.2) is 140 Å². The van der Waals surface area contributed by atoms with Gasteiger partial charge in [-0.25, -0.2) is 9.97 Å². The quantitative estimate of drug-likeness (QED) is 0.203. The Morgan fingerprint density at radius 3 is 2.07 bits per heavy atom. The second kappa shape index (κ2) is 8.65. The molecular formula is C41H23N5. The Labute approximate surface area is 261 Å². The number of para-hydroxylation sites is 3. The standard InChI is InChI=1S/C41H23N5/c1-2-12-26-24(10-1)19-20-30-36-35(22-31-27-13-4-7-17-33(27)45-34-18-8-5-15-29(34)37(36)40(31)45)46(39(26)30)41-43-32-16-6-3-14-28(32)38(44-41)25-11-9-21-42-23-25/h1-23H. The molecule has 0 aliphatic carbocycles. The van der Waals surface area contributed by atoms with E-state index in [0.717, 1.165) is 33.2 Å². The molecule has 6 aromatic carbocycles. The van der Waals surface area contributed by atoms with Gasteiger partial charge in [0.25, 0.3) is 0 Å². The summed E-state index contributed by atoms with van der Waals surface area (Å²) in [6.45, 7) is 0. The van der Waals surface area contributed by atoms with Gasteiger partial charge in [0.2, 0.25) is 5.95 Å². The molecule has 0 saturated carbocycles. The predicted molar refractivity (Wildman–Crippen MR) is 189 cm³/mol. The Bertz CT molecular complexity index is 3020. The van der Waals surface area contributed by atoms with Crippen molar-refractivity contribution in [1.29, 1.82) is 0 Å². The van der Waals surface area contributed by atoms with E-state index in [9.17, 15) is 0 Å². The maximum absolute atomic E-state index is 5.37. The molecule has 0 bridgehead atoms. The van der Waals surface area contributed by atoms with E-state index in [1.807, 2.05) is 24.4 Å². The highest BCUT2D eigenvalue weighted by atomic mass is 15.2. The molecule has 46 heavy (non-hydrogen) atoms. The van der Waals surface area contributed by atoms with E-state index in [0.29, 0.717) is 5.95 Å². The zero-order valence-corrected chi connectivity index (χ0v) is 24.5. The van der Waals surface area contributed by atoms with Crippen molar-refractivity contribution in [1.82, 2.24) is 23.9 Å². The number of hydrogen-bond donors (Lipinski definition) is 0. The van der Waals surface area contributed by atoms with Gasteiger partial charge in [-0.3, -0.25) is 9.55 Å². The number of pyridine rings is 1. The molecule has 5 aromatic heterocycles. The minimum absolute atomic E-state index is 0.649. The number of nitrogens with zero attached hydrogens (tertiary/aromatic N) is 5. The molecule has 0 unspecified atom stereocenters. The molecule has 5 nitrogen and oxygen atoms in total. The second-order valence-electron chi connectivity index (χ2n) is 12.1. The minimum Gasteiger partial charge on any atom is -0.308 e. The maximum Gasteiger partial charge on any atom is 0.235 e. The van der Waals surface area contributed by atoms with Gasteiger partial charge in [-0.15, -0.1) is 0 Å². The van der Waals surface area contributed by atoms with Crippen molar-refractivity contribution in [2.24, 2.45) is 0 Å². The van der Waals surface area contributed by atoms with E-state index in [-0.39, 0.29) is 0 Å². The normalized spacial score (nSPS) is 12.3. The maximum atomic E-state index is 5.37. The summed E-state index contributed by atoms with van der Waals surface area (Å²) in [5, 5.41) is 10.8. The van der Waals surface area contributed by atoms with Crippen LogP contribution in [0, 0.1) is 0 Å². The van der Waals surface area contributed by atoms with E-state index >= 15 is 0 Å². The van der Waals surface area contributed by atoms with Crippen LogP contribution < -0.4 is 0 Å². The second-order valence-corrected chi connectivity index (χ2v) is 12.1. The van der Waals surface area contributed by atoms with Crippen LogP contribution in [-0.2, 0) is 0 Å². The largest absolute Gasteiger partial charge is 0.308 e. The Kier molecular flexibility index (Phi) is 4.52. The lowest BCUT2D eigenvalue weighted by Crippen LogP contribution is -2.04. The molecule has 0 spiro atoms. The molecule has 0 radical (unpaired) electrons. The molecule has 0 aliphatic heterocycles. The number of hydrogen-bond acceptors (Lipinski definition) is 3. The Balaban J connectivity index is 1.43. The molecule has 0 atom stereocenters. The zero-order chi connectivity index (χ0) is 29.9. The summed E-state index contributed by atoms with van der Waals surface area (Å²) in [7, 11) is 0. The van der Waals surface area contributed by atoms with Crippen molar-refractivity contribution in [2.75, 3.05) is 0 Å². The van der Waals surface area contributed by atoms with Gasteiger partial charge in [-0.2, -0.15) is 0 Å². The molecule has 0 amide bonds. The van der Waals surface area contributed by atoms with Gasteiger partial charge < -0.3 is 4.40 Å². The van der Waals surface area contributed by atoms with Gasteiger partial charge in [0.05, 0.1) is 38.8 Å². The van der Waals surface area contributed by atoms with Crippen molar-refractivity contribution in [3.8, 4) is 17.2 Å². The molecule has 0 fully saturated rings. The molecule has 0 N–H and O–H groups in total. The summed E-state index contributed by atoms with van der Waals surface area (Å²) in [6, 6.07) is 45.4. The van der Waals surface area contributed by atoms with Crippen LogP contribution in [0.3, 0.4) is 0 Å². The highest BCUT2D eigenvalue weighted by Crippen LogP contribution is 2.47. The van der Waals surface area contributed by atoms with Crippen LogP contribution in [0.2, 0.25) is 0 Å². The van der Waals surface area contributed by atoms with E-state index in [1.54, 1.807) is 6.20 Å². The third kappa shape index (κ3) is 2.97. The fraction of sp³-hybridized carbons (Fsp3) is 0. The summed E-state index contributed by atoms with van der Waals surface area (Å²) in [4.78, 5) is 15.1. The Morgan fingerprint density at radius 1 is 0.478 bits per heavy atom. The third-order valence-electron chi connectivity index (χ3n) is 9.71. The van der Waals surface area contributed by atoms with Crippen LogP contribution in [-0.4, -0.2) is 23.9 Å². The smallest absolute Gasteiger partial charge is 0.235 e. The lowest BCUT2D eigenvalue weighted by molar-refractivity contribution is 1.02. The first-order chi connectivity index (χ1) is 22.8. The molecule has 11 rings (SSSR count). The van der Waals surface area contributed by atoms with Crippen molar-refractivity contribution < 1.29 is 0 Å². The van der Waals surface area contributed by atoms with Crippen LogP contribution in [0.1, 0.15) is 0 Å². The summed E-state index contributed by atoms with van der Waals surface area (Å²) in [5.41, 5.74) is 8.65. The van der Waals surface area contributed by atoms with Crippen LogP contribution >= 0.6 is 0 Å². The number of benzene rings is 6. The number of aromatic nitrogens is 5. The first-order valence-corrected chi connectivity index (χ1v) is 15.5. The number of rotatable bonds is 2. The van der Waals surface area contributed by atoms with Crippen molar-refractivity contribution in [3.63, 3.8) is 0 Å². The van der Waals surface area contributed by atoms with Gasteiger partial charge in [0.15, 0.2) is 0 Å². The van der Waals surface area contributed by atoms with Gasteiger partial charge in [0, 0.05) is 61.0 Å². The molecule has 0 saturated heterocycles. The van der Waals surface area contributed by atoms with Gasteiger partial charge >= 0.3 is 0 Å². The first-order valence-electron chi connectivity index (χ1n) is 15.5. The third-order valence-corrected chi connectivity index (χ3v) is 9.71. The summed E-state index contributed by atoms with van der Waals surface area (Å²) < 4.78 is 4.76. The predicted octanol–water partition coefficient (Wildman–Crippen LogP) is 10.1. The van der Waals surface area contributed by atoms with E-state index in [4.69, 9.17) is 9.97 Å². The van der Waals surface area contributed by atoms with E-state index < -0.39 is 0 Å². The van der Waals surface area contributed by atoms with Gasteiger partial charge in [0.1, 0.15) is 0 Å². The highest BCUT2D eigenvalue weighted by Gasteiger charge is 2.26. The Hall–Kier alpha value is -6.33. The molecule has 0 aliphatic rings. The molecule has 5 heterocycles. The zero-order valence-electron chi connectivity index (χ0n) is 24.5. The average Bonchev–Trinajstić information content (AvgIpc) is 3.76. The summed E-state index contributed by atoms with van der Waals surface area (Å²) in [5.74, 6) is 0.649. The topological polar surface area (TPSA) is 48.0 Å². The first kappa shape index (κ1) is 24.0. The fourth-order valence-corrected chi connectivity index (χ4v) is 7.87. The summed E-state index contributed by atoms with van der Waals surface area (Å²) in [6.07, 6.45) is 3.69. The van der Waals surface area contributed by atoms with Crippen molar-refractivity contribution in [2.45, 2.75) is 0 Å². The Morgan fingerprint density at radius 2 is 1.22 bits per heavy atom. The van der Waals surface area contributed by atoms with Crippen LogP contribution in [0.5, 0.6) is 0 Å².